The Balaban J connectivity index is 0.00000357. The smallest absolute Gasteiger partial charge is 0.213 e. The zero-order chi connectivity index (χ0) is 57.5. The third-order valence-corrected chi connectivity index (χ3v) is 16.5. The maximum Gasteiger partial charge on any atom is 0.213 e. The number of hydrogen-bond donors (Lipinski definition) is 4. The summed E-state index contributed by atoms with van der Waals surface area (Å²) in [5.74, 6) is 0. The quantitative estimate of drug-likeness (QED) is 0.0792. The van der Waals surface area contributed by atoms with Crippen molar-refractivity contribution >= 4 is 128 Å². The number of aldehydes is 2. The second kappa shape index (κ2) is 24.6. The van der Waals surface area contributed by atoms with Crippen molar-refractivity contribution in [3.8, 4) is 0 Å². The molecule has 12 nitrogen and oxygen atoms in total. The van der Waals surface area contributed by atoms with E-state index in [9.17, 15) is 9.59 Å². The van der Waals surface area contributed by atoms with E-state index in [2.05, 4.69) is 175 Å². The molecule has 4 aliphatic heterocycles. The molecule has 0 radical (unpaired) electrons. The van der Waals surface area contributed by atoms with Crippen molar-refractivity contribution in [3.05, 3.63) is 274 Å². The molecule has 14 heteroatoms. The van der Waals surface area contributed by atoms with Crippen LogP contribution in [-0.2, 0) is 9.59 Å². The van der Waals surface area contributed by atoms with Gasteiger partial charge in [0.25, 0.3) is 0 Å². The Labute approximate surface area is 528 Å². The Morgan fingerprint density at radius 2 is 0.761 bits per heavy atom. The second-order valence-corrected chi connectivity index (χ2v) is 22.2. The molecule has 1 saturated carbocycles. The Hall–Kier alpha value is -10.3. The van der Waals surface area contributed by atoms with Crippen LogP contribution in [0.25, 0.3) is 115 Å². The van der Waals surface area contributed by atoms with Crippen LogP contribution in [0.5, 0.6) is 0 Å². The van der Waals surface area contributed by atoms with Crippen LogP contribution in [0.2, 0.25) is 0 Å². The van der Waals surface area contributed by atoms with Crippen LogP contribution in [0.15, 0.2) is 194 Å². The Morgan fingerprint density at radius 3 is 1.17 bits per heavy atom. The number of halogens is 2. The third kappa shape index (κ3) is 11.7. The number of benzene rings is 2. The first-order valence-corrected chi connectivity index (χ1v) is 29.1. The summed E-state index contributed by atoms with van der Waals surface area (Å²) >= 11 is 0. The zero-order valence-electron chi connectivity index (χ0n) is 47.5. The van der Waals surface area contributed by atoms with E-state index in [1.807, 2.05) is 97.1 Å². The fraction of sp³-hybridized carbons (Fsp3) is 0.0811. The number of allylic oxidation sites excluding steroid dienone is 2. The monoisotopic (exact) mass is 1270 g/mol. The molecular formula is C74H56Br2N10O2. The molecule has 15 rings (SSSR count). The van der Waals surface area contributed by atoms with Gasteiger partial charge in [-0.3, -0.25) is 9.59 Å². The summed E-state index contributed by atoms with van der Waals surface area (Å²) in [6.07, 6.45) is 26.5. The molecule has 1 aliphatic carbocycles. The maximum atomic E-state index is 12.3. The fourth-order valence-electron chi connectivity index (χ4n) is 12.5. The number of nitrogens with one attached hydrogen (secondary N) is 4. The third-order valence-electron chi connectivity index (χ3n) is 16.5. The van der Waals surface area contributed by atoms with E-state index in [-0.39, 0.29) is 46.0 Å². The molecule has 4 N–H and O–H groups in total. The number of H-pyrrole nitrogens is 4. The average Bonchev–Trinajstić information content (AvgIpc) is 3.79. The number of carbonyl (C=O) groups is 2. The Kier molecular flexibility index (Phi) is 15.9. The molecule has 0 amide bonds. The number of aromatic nitrogens is 10. The molecule has 5 aliphatic rings. The van der Waals surface area contributed by atoms with Gasteiger partial charge in [0.05, 0.1) is 56.7 Å². The summed E-state index contributed by atoms with van der Waals surface area (Å²) in [4.78, 5) is 58.7. The number of aromatic amines is 4. The van der Waals surface area contributed by atoms with Gasteiger partial charge < -0.3 is 53.9 Å². The van der Waals surface area contributed by atoms with Crippen molar-refractivity contribution < 1.29 is 52.7 Å². The van der Waals surface area contributed by atoms with Gasteiger partial charge >= 0.3 is 0 Å². The topological polar surface area (TPSA) is 157 Å². The van der Waals surface area contributed by atoms with Crippen molar-refractivity contribution in [1.29, 1.82) is 0 Å². The van der Waals surface area contributed by atoms with E-state index >= 15 is 0 Å². The molecular weight excluding hydrogens is 1220 g/mol. The zero-order valence-corrected chi connectivity index (χ0v) is 50.7. The van der Waals surface area contributed by atoms with Crippen molar-refractivity contribution in [2.45, 2.75) is 37.8 Å². The first-order chi connectivity index (χ1) is 42.4. The van der Waals surface area contributed by atoms with E-state index in [1.165, 1.54) is 0 Å². The van der Waals surface area contributed by atoms with Gasteiger partial charge in [0.15, 0.2) is 37.0 Å². The average molecular weight is 1280 g/mol. The molecule has 1 fully saturated rings. The van der Waals surface area contributed by atoms with Crippen molar-refractivity contribution in [1.82, 2.24) is 39.9 Å². The van der Waals surface area contributed by atoms with E-state index in [1.54, 1.807) is 0 Å². The normalized spacial score (nSPS) is 15.4. The molecule has 0 atom stereocenters. The van der Waals surface area contributed by atoms with Gasteiger partial charge in [-0.15, -0.1) is 0 Å². The van der Waals surface area contributed by atoms with Gasteiger partial charge in [0.2, 0.25) is 11.4 Å². The predicted molar refractivity (Wildman–Crippen MR) is 344 cm³/mol. The number of fused-ring (bicyclic) bond motifs is 16. The highest BCUT2D eigenvalue weighted by Crippen LogP contribution is 2.36. The Morgan fingerprint density at radius 1 is 0.386 bits per heavy atom. The van der Waals surface area contributed by atoms with Crippen LogP contribution in [0.1, 0.15) is 117 Å². The van der Waals surface area contributed by atoms with E-state index in [0.29, 0.717) is 33.9 Å². The van der Waals surface area contributed by atoms with Crippen LogP contribution >= 0.6 is 0 Å². The highest BCUT2D eigenvalue weighted by molar-refractivity contribution is 6.15. The van der Waals surface area contributed by atoms with E-state index in [4.69, 9.17) is 19.9 Å². The lowest BCUT2D eigenvalue weighted by atomic mass is 9.88. The van der Waals surface area contributed by atoms with Gasteiger partial charge in [-0.25, -0.2) is 19.9 Å². The lowest BCUT2D eigenvalue weighted by Gasteiger charge is -2.25. The Bertz CT molecular complexity index is 4650. The number of carbonyl (C=O) groups excluding carboxylic acids is 2. The van der Waals surface area contributed by atoms with Gasteiger partial charge in [0.1, 0.15) is 0 Å². The summed E-state index contributed by atoms with van der Waals surface area (Å²) in [6.45, 7) is 0. The highest BCUT2D eigenvalue weighted by atomic mass is 79.9. The minimum absolute atomic E-state index is 0. The summed E-state index contributed by atoms with van der Waals surface area (Å²) in [6, 6.07) is 63.2. The lowest BCUT2D eigenvalue weighted by molar-refractivity contribution is -0.750. The summed E-state index contributed by atoms with van der Waals surface area (Å²) < 4.78 is 5.00. The van der Waals surface area contributed by atoms with Gasteiger partial charge in [-0.1, -0.05) is 60.7 Å². The lowest BCUT2D eigenvalue weighted by Crippen LogP contribution is -3.00. The van der Waals surface area contributed by atoms with Crippen LogP contribution in [-0.4, -0.2) is 52.4 Å². The molecule has 8 aromatic heterocycles. The van der Waals surface area contributed by atoms with Crippen molar-refractivity contribution in [2.24, 2.45) is 0 Å². The summed E-state index contributed by atoms with van der Waals surface area (Å²) in [5.41, 5.74) is 22.6. The second-order valence-electron chi connectivity index (χ2n) is 22.2. The maximum absolute atomic E-state index is 12.3. The SMILES string of the molecule is O=CC1=Cc2cc3cc(/C=C(\c4ccccc4)c4cccc[n+]4C4CCC([n+]5ccccc5/C(=C/c5cc6cc7nc(cc8ccc(cc9nc(cc5[nH]6)C=C9)[nH]8)C(C=O)=C7)c5ccccc5)CC4)c(cc4nc(cc5ccc(cc1n2)[nH]5)C=C4)[nH]3.[Br-].[Br-]. The molecule has 428 valence electrons. The van der Waals surface area contributed by atoms with Crippen LogP contribution in [0, 0.1) is 0 Å². The highest BCUT2D eigenvalue weighted by Gasteiger charge is 2.36. The van der Waals surface area contributed by atoms with E-state index < -0.39 is 0 Å². The van der Waals surface area contributed by atoms with Crippen LogP contribution in [0.3, 0.4) is 0 Å². The molecule has 88 heavy (non-hydrogen) atoms. The minimum Gasteiger partial charge on any atom is -1.00 e. The first kappa shape index (κ1) is 56.8. The molecule has 0 unspecified atom stereocenters. The predicted octanol–water partition coefficient (Wildman–Crippen LogP) is 8.88. The van der Waals surface area contributed by atoms with Gasteiger partial charge in [0, 0.05) is 116 Å². The van der Waals surface area contributed by atoms with Gasteiger partial charge in [-0.2, -0.15) is 9.13 Å². The molecule has 0 spiro atoms. The molecule has 0 saturated heterocycles. The number of pyridine rings is 2. The summed E-state index contributed by atoms with van der Waals surface area (Å²) in [7, 11) is 0. The minimum atomic E-state index is 0. The van der Waals surface area contributed by atoms with Crippen molar-refractivity contribution in [2.75, 3.05) is 0 Å². The molecule has 16 bridgehead atoms. The van der Waals surface area contributed by atoms with E-state index in [0.717, 1.165) is 150 Å². The van der Waals surface area contributed by atoms with Crippen molar-refractivity contribution in [3.63, 3.8) is 0 Å². The molecule has 2 aromatic carbocycles. The van der Waals surface area contributed by atoms with Gasteiger partial charge in [-0.05, 0) is 157 Å². The number of hydrogen-bond acceptors (Lipinski definition) is 6. The number of nitrogens with zero attached hydrogens (tertiary/aromatic N) is 6. The standard InChI is InChI=1S/C74H54N10O2.2BrH/c85-45-51-33-63-39-61-31-49(69(79-61)41-57-21-17-53(75-57)37-55-19-23-59(77-55)43-71(51)81-63)35-67(47-11-3-1-4-12-47)73-15-7-9-29-83(73)65-25-27-66(28-26-65)84-30-10-8-16-74(84)68(48-13-5-2-6-14-48)36-50-32-62-40-64-34-52(46-86)72(82-64)44-60-24-20-56(78-60)38-54-18-22-58(76-54)42-70(50)80-62;;/h1-24,29-46,65-66H,25-28H2,(H2,75,76,77,78,79,80,81,82);2*1H. The van der Waals surface area contributed by atoms with Crippen LogP contribution in [0.4, 0.5) is 0 Å². The molecule has 12 heterocycles. The fourth-order valence-corrected chi connectivity index (χ4v) is 12.5. The summed E-state index contributed by atoms with van der Waals surface area (Å²) in [5, 5.41) is 0. The molecule has 10 aromatic rings. The first-order valence-electron chi connectivity index (χ1n) is 29.1. The largest absolute Gasteiger partial charge is 1.00 e. The number of rotatable bonds is 10. The van der Waals surface area contributed by atoms with Crippen LogP contribution < -0.4 is 43.1 Å².